The van der Waals surface area contributed by atoms with Gasteiger partial charge in [0.1, 0.15) is 0 Å². The monoisotopic (exact) mass is 420 g/mol. The Balaban J connectivity index is 1.57. The van der Waals surface area contributed by atoms with Crippen molar-refractivity contribution in [3.8, 4) is 16.4 Å². The summed E-state index contributed by atoms with van der Waals surface area (Å²) in [6, 6.07) is 20.0. The quantitative estimate of drug-likeness (QED) is 0.428. The smallest absolute Gasteiger partial charge is 0.234 e. The molecule has 0 radical (unpaired) electrons. The van der Waals surface area contributed by atoms with Crippen molar-refractivity contribution in [2.45, 2.75) is 19.0 Å². The number of hydrogen-bond donors (Lipinski definition) is 1. The molecule has 1 N–H and O–H groups in total. The fraction of sp³-hybridized carbons (Fsp3) is 0.136. The van der Waals surface area contributed by atoms with Crippen LogP contribution in [0.3, 0.4) is 0 Å². The molecular weight excluding hydrogens is 400 g/mol. The van der Waals surface area contributed by atoms with Gasteiger partial charge in [0.25, 0.3) is 0 Å². The summed E-state index contributed by atoms with van der Waals surface area (Å²) in [5.74, 6) is 0.972. The van der Waals surface area contributed by atoms with Gasteiger partial charge in [-0.3, -0.25) is 9.36 Å². The number of para-hydroxylation sites is 2. The molecule has 0 saturated heterocycles. The lowest BCUT2D eigenvalue weighted by Gasteiger charge is -2.12. The first kappa shape index (κ1) is 19.4. The molecule has 2 heterocycles. The van der Waals surface area contributed by atoms with E-state index >= 15 is 0 Å². The molecule has 0 aliphatic carbocycles. The molecule has 146 valence electrons. The zero-order chi connectivity index (χ0) is 20.2. The highest BCUT2D eigenvalue weighted by atomic mass is 32.2. The SMILES string of the molecule is Cc1cccc(C)c1NC(=O)CSc1nnc(-c2cccs2)n1-c1ccccc1. The zero-order valence-corrected chi connectivity index (χ0v) is 17.8. The van der Waals surface area contributed by atoms with Gasteiger partial charge in [0, 0.05) is 11.4 Å². The largest absolute Gasteiger partial charge is 0.325 e. The van der Waals surface area contributed by atoms with Crippen molar-refractivity contribution in [2.75, 3.05) is 11.1 Å². The summed E-state index contributed by atoms with van der Waals surface area (Å²) in [6.45, 7) is 3.99. The number of nitrogens with one attached hydrogen (secondary N) is 1. The number of rotatable bonds is 6. The molecule has 0 saturated carbocycles. The minimum absolute atomic E-state index is 0.0623. The van der Waals surface area contributed by atoms with Gasteiger partial charge in [0.2, 0.25) is 5.91 Å². The second-order valence-electron chi connectivity index (χ2n) is 6.56. The summed E-state index contributed by atoms with van der Waals surface area (Å²) in [6.07, 6.45) is 0. The molecule has 2 aromatic heterocycles. The first-order valence-electron chi connectivity index (χ1n) is 9.17. The molecule has 1 amide bonds. The minimum atomic E-state index is -0.0623. The van der Waals surface area contributed by atoms with Crippen LogP contribution in [0.25, 0.3) is 16.4 Å². The molecule has 0 aliphatic heterocycles. The normalized spacial score (nSPS) is 10.8. The maximum Gasteiger partial charge on any atom is 0.234 e. The van der Waals surface area contributed by atoms with Crippen molar-refractivity contribution in [2.24, 2.45) is 0 Å². The number of benzene rings is 2. The molecule has 29 heavy (non-hydrogen) atoms. The van der Waals surface area contributed by atoms with Crippen molar-refractivity contribution in [1.82, 2.24) is 14.8 Å². The molecule has 0 bridgehead atoms. The van der Waals surface area contributed by atoms with Crippen molar-refractivity contribution < 1.29 is 4.79 Å². The predicted molar refractivity (Wildman–Crippen MR) is 120 cm³/mol. The van der Waals surface area contributed by atoms with Gasteiger partial charge in [-0.15, -0.1) is 21.5 Å². The van der Waals surface area contributed by atoms with E-state index in [0.717, 1.165) is 33.2 Å². The van der Waals surface area contributed by atoms with Gasteiger partial charge >= 0.3 is 0 Å². The number of thiophene rings is 1. The van der Waals surface area contributed by atoms with E-state index < -0.39 is 0 Å². The maximum absolute atomic E-state index is 12.6. The highest BCUT2D eigenvalue weighted by Gasteiger charge is 2.18. The number of amides is 1. The van der Waals surface area contributed by atoms with E-state index in [0.29, 0.717) is 5.16 Å². The molecule has 5 nitrogen and oxygen atoms in total. The van der Waals surface area contributed by atoms with Crippen molar-refractivity contribution in [3.63, 3.8) is 0 Å². The molecule has 4 aromatic rings. The van der Waals surface area contributed by atoms with Crippen LogP contribution < -0.4 is 5.32 Å². The Kier molecular flexibility index (Phi) is 5.78. The number of carbonyl (C=O) groups excluding carboxylic acids is 1. The highest BCUT2D eigenvalue weighted by molar-refractivity contribution is 7.99. The van der Waals surface area contributed by atoms with Gasteiger partial charge in [0.05, 0.1) is 10.6 Å². The number of anilines is 1. The fourth-order valence-corrected chi connectivity index (χ4v) is 4.51. The van der Waals surface area contributed by atoms with Crippen LogP contribution in [0, 0.1) is 13.8 Å². The number of hydrogen-bond acceptors (Lipinski definition) is 5. The Morgan fingerprint density at radius 3 is 2.45 bits per heavy atom. The summed E-state index contributed by atoms with van der Waals surface area (Å²) < 4.78 is 2.00. The Labute approximate surface area is 177 Å². The van der Waals surface area contributed by atoms with Crippen LogP contribution >= 0.6 is 23.1 Å². The van der Waals surface area contributed by atoms with Gasteiger partial charge in [0.15, 0.2) is 11.0 Å². The standard InChI is InChI=1S/C22H20N4OS2/c1-15-8-6-9-16(2)20(15)23-19(27)14-29-22-25-24-21(18-12-7-13-28-18)26(22)17-10-4-3-5-11-17/h3-13H,14H2,1-2H3,(H,23,27). The van der Waals surface area contributed by atoms with Crippen LogP contribution in [0.15, 0.2) is 71.2 Å². The minimum Gasteiger partial charge on any atom is -0.325 e. The predicted octanol–water partition coefficient (Wildman–Crippen LogP) is 5.34. The Morgan fingerprint density at radius 2 is 1.76 bits per heavy atom. The Hall–Kier alpha value is -2.90. The second kappa shape index (κ2) is 8.63. The topological polar surface area (TPSA) is 59.8 Å². The Bertz CT molecular complexity index is 1100. The van der Waals surface area contributed by atoms with E-state index in [2.05, 4.69) is 15.5 Å². The molecule has 0 spiro atoms. The first-order valence-corrected chi connectivity index (χ1v) is 11.0. The van der Waals surface area contributed by atoms with Crippen LogP contribution in [-0.2, 0) is 4.79 Å². The summed E-state index contributed by atoms with van der Waals surface area (Å²) in [7, 11) is 0. The number of carbonyl (C=O) groups is 1. The third-order valence-corrected chi connectivity index (χ3v) is 6.26. The number of aryl methyl sites for hydroxylation is 2. The lowest BCUT2D eigenvalue weighted by Crippen LogP contribution is -2.16. The third kappa shape index (κ3) is 4.26. The van der Waals surface area contributed by atoms with Crippen LogP contribution in [-0.4, -0.2) is 26.4 Å². The molecular formula is C22H20N4OS2. The third-order valence-electron chi connectivity index (χ3n) is 4.47. The fourth-order valence-electron chi connectivity index (χ4n) is 3.06. The first-order chi connectivity index (χ1) is 14.1. The number of thioether (sulfide) groups is 1. The van der Waals surface area contributed by atoms with E-state index in [4.69, 9.17) is 0 Å². The second-order valence-corrected chi connectivity index (χ2v) is 8.45. The highest BCUT2D eigenvalue weighted by Crippen LogP contribution is 2.30. The molecule has 0 unspecified atom stereocenters. The lowest BCUT2D eigenvalue weighted by molar-refractivity contribution is -0.113. The average molecular weight is 421 g/mol. The molecule has 7 heteroatoms. The number of nitrogens with zero attached hydrogens (tertiary/aromatic N) is 3. The summed E-state index contributed by atoms with van der Waals surface area (Å²) in [5.41, 5.74) is 3.95. The van der Waals surface area contributed by atoms with Crippen molar-refractivity contribution in [1.29, 1.82) is 0 Å². The van der Waals surface area contributed by atoms with E-state index in [1.165, 1.54) is 11.8 Å². The molecule has 0 atom stereocenters. The average Bonchev–Trinajstić information content (AvgIpc) is 3.39. The Morgan fingerprint density at radius 1 is 1.00 bits per heavy atom. The van der Waals surface area contributed by atoms with Crippen molar-refractivity contribution in [3.05, 3.63) is 77.2 Å². The van der Waals surface area contributed by atoms with Gasteiger partial charge in [-0.1, -0.05) is 54.2 Å². The van der Waals surface area contributed by atoms with E-state index in [-0.39, 0.29) is 11.7 Å². The molecule has 4 rings (SSSR count). The van der Waals surface area contributed by atoms with Gasteiger partial charge < -0.3 is 5.32 Å². The summed E-state index contributed by atoms with van der Waals surface area (Å²) in [4.78, 5) is 13.6. The van der Waals surface area contributed by atoms with Crippen molar-refractivity contribution >= 4 is 34.7 Å². The van der Waals surface area contributed by atoms with Gasteiger partial charge in [-0.05, 0) is 48.6 Å². The van der Waals surface area contributed by atoms with Crippen LogP contribution in [0.1, 0.15) is 11.1 Å². The van der Waals surface area contributed by atoms with Crippen LogP contribution in [0.5, 0.6) is 0 Å². The van der Waals surface area contributed by atoms with E-state index in [9.17, 15) is 4.79 Å². The zero-order valence-electron chi connectivity index (χ0n) is 16.1. The summed E-state index contributed by atoms with van der Waals surface area (Å²) >= 11 is 3.00. The van der Waals surface area contributed by atoms with E-state index in [1.807, 2.05) is 84.5 Å². The number of aromatic nitrogens is 3. The lowest BCUT2D eigenvalue weighted by atomic mass is 10.1. The van der Waals surface area contributed by atoms with Gasteiger partial charge in [-0.2, -0.15) is 0 Å². The van der Waals surface area contributed by atoms with Crippen LogP contribution in [0.2, 0.25) is 0 Å². The maximum atomic E-state index is 12.6. The van der Waals surface area contributed by atoms with Crippen LogP contribution in [0.4, 0.5) is 5.69 Å². The molecule has 0 aliphatic rings. The molecule has 2 aromatic carbocycles. The van der Waals surface area contributed by atoms with E-state index in [1.54, 1.807) is 11.3 Å². The summed E-state index contributed by atoms with van der Waals surface area (Å²) in [5, 5.41) is 14.5. The molecule has 0 fully saturated rings. The van der Waals surface area contributed by atoms with Gasteiger partial charge in [-0.25, -0.2) is 0 Å².